The number of hydrogen-bond donors (Lipinski definition) is 3. The van der Waals surface area contributed by atoms with Crippen molar-refractivity contribution in [3.8, 4) is 11.8 Å². The van der Waals surface area contributed by atoms with Gasteiger partial charge in [-0.3, -0.25) is 24.9 Å². The van der Waals surface area contributed by atoms with Gasteiger partial charge < -0.3 is 10.6 Å². The summed E-state index contributed by atoms with van der Waals surface area (Å²) in [5, 5.41) is 12.8. The molecule has 0 spiro atoms. The third-order valence-corrected chi connectivity index (χ3v) is 10.7. The van der Waals surface area contributed by atoms with Crippen LogP contribution >= 0.6 is 22.9 Å². The van der Waals surface area contributed by atoms with Gasteiger partial charge in [-0.25, -0.2) is 4.99 Å². The number of benzene rings is 2. The fourth-order valence-electron chi connectivity index (χ4n) is 6.36. The maximum absolute atomic E-state index is 11.5. The molecule has 0 amide bonds. The van der Waals surface area contributed by atoms with Gasteiger partial charge in [0, 0.05) is 59.5 Å². The van der Waals surface area contributed by atoms with Gasteiger partial charge in [-0.1, -0.05) is 53.8 Å². The Bertz CT molecular complexity index is 1980. The molecule has 1 unspecified atom stereocenters. The molecule has 1 aromatic heterocycles. The highest BCUT2D eigenvalue weighted by molar-refractivity contribution is 7.16. The predicted octanol–water partition coefficient (Wildman–Crippen LogP) is 6.98. The minimum atomic E-state index is -0.120. The number of hydrazone groups is 1. The standard InChI is InChI=1S/C40H42ClN7O2S/c1-26-20-44-47-28(3)46-40-35(19-38(45-26)31-8-10-33(41)11-9-31)27(2)39(51-40)14-13-34-12-7-30(22-42-34)23-48-17-15-29(16-18-48)21-43-37-6-4-5-32(24-49)36(37)25-50/h4-12,20,22,24-26,29,34,42-43H,15-19,21,23H2,1-3H3,(H,46,47)/b44-20+,45-38?/t26-,34?/m0/s1. The molecule has 1 saturated heterocycles. The smallest absolute Gasteiger partial charge is 0.152 e. The minimum Gasteiger partial charge on any atom is -0.384 e. The van der Waals surface area contributed by atoms with E-state index in [0.717, 1.165) is 89.6 Å². The molecule has 3 aliphatic rings. The van der Waals surface area contributed by atoms with Crippen LogP contribution in [0.5, 0.6) is 0 Å². The summed E-state index contributed by atoms with van der Waals surface area (Å²) in [4.78, 5) is 36.2. The van der Waals surface area contributed by atoms with Crippen molar-refractivity contribution in [3.05, 3.63) is 104 Å². The van der Waals surface area contributed by atoms with E-state index in [4.69, 9.17) is 21.6 Å². The zero-order chi connectivity index (χ0) is 35.7. The normalized spacial score (nSPS) is 20.1. The SMILES string of the molecule is CC1=Nc2sc(C#CC3C=CC(CN4CCC(CNc5cccc(C=O)c5C=O)CC4)=CN3)c(C)c2CC(c2ccc(Cl)cc2)=N[C@@H](C)/C=N/N1. The van der Waals surface area contributed by atoms with Gasteiger partial charge in [0.05, 0.1) is 10.9 Å². The lowest BCUT2D eigenvalue weighted by atomic mass is 9.96. The Morgan fingerprint density at radius 1 is 1.10 bits per heavy atom. The zero-order valence-electron chi connectivity index (χ0n) is 29.1. The highest BCUT2D eigenvalue weighted by atomic mass is 35.5. The highest BCUT2D eigenvalue weighted by Gasteiger charge is 2.22. The molecule has 1 fully saturated rings. The van der Waals surface area contributed by atoms with Crippen LogP contribution in [-0.2, 0) is 6.42 Å². The molecule has 0 aliphatic carbocycles. The molecule has 3 N–H and O–H groups in total. The number of aldehydes is 2. The van der Waals surface area contributed by atoms with Crippen molar-refractivity contribution in [2.24, 2.45) is 21.0 Å². The summed E-state index contributed by atoms with van der Waals surface area (Å²) in [6, 6.07) is 12.9. The molecule has 4 heterocycles. The van der Waals surface area contributed by atoms with Crippen molar-refractivity contribution in [1.29, 1.82) is 0 Å². The van der Waals surface area contributed by atoms with E-state index in [1.165, 1.54) is 5.57 Å². The number of rotatable bonds is 8. The molecule has 2 atom stereocenters. The number of dihydropyridines is 1. The summed E-state index contributed by atoms with van der Waals surface area (Å²) in [6.45, 7) is 9.71. The molecule has 9 nitrogen and oxygen atoms in total. The lowest BCUT2D eigenvalue weighted by molar-refractivity contribution is 0.109. The van der Waals surface area contributed by atoms with Crippen molar-refractivity contribution >= 4 is 64.0 Å². The van der Waals surface area contributed by atoms with Crippen LogP contribution in [0.1, 0.15) is 69.0 Å². The molecule has 3 aliphatic heterocycles. The van der Waals surface area contributed by atoms with E-state index in [1.807, 2.05) is 44.2 Å². The van der Waals surface area contributed by atoms with E-state index in [-0.39, 0.29) is 12.1 Å². The summed E-state index contributed by atoms with van der Waals surface area (Å²) in [6.07, 6.45) is 12.4. The first kappa shape index (κ1) is 36.0. The Morgan fingerprint density at radius 3 is 2.63 bits per heavy atom. The quantitative estimate of drug-likeness (QED) is 0.171. The Morgan fingerprint density at radius 2 is 1.90 bits per heavy atom. The lowest BCUT2D eigenvalue weighted by Crippen LogP contribution is -2.37. The third-order valence-electron chi connectivity index (χ3n) is 9.29. The maximum Gasteiger partial charge on any atom is 0.152 e. The molecular formula is C40H42ClN7O2S. The van der Waals surface area contributed by atoms with Gasteiger partial charge in [-0.15, -0.1) is 11.3 Å². The van der Waals surface area contributed by atoms with Crippen LogP contribution in [0, 0.1) is 24.7 Å². The molecule has 3 aromatic rings. The number of amidine groups is 1. The summed E-state index contributed by atoms with van der Waals surface area (Å²) >= 11 is 7.79. The number of carbonyl (C=O) groups excluding carboxylic acids is 2. The summed E-state index contributed by atoms with van der Waals surface area (Å²) in [5.41, 5.74) is 10.0. The second kappa shape index (κ2) is 16.9. The number of anilines is 1. The van der Waals surface area contributed by atoms with Crippen LogP contribution in [0.4, 0.5) is 10.7 Å². The Balaban J connectivity index is 1.06. The molecule has 0 saturated carbocycles. The number of nitrogens with zero attached hydrogens (tertiary/aromatic N) is 4. The number of hydrogen-bond acceptors (Lipinski definition) is 10. The summed E-state index contributed by atoms with van der Waals surface area (Å²) in [5.74, 6) is 8.08. The van der Waals surface area contributed by atoms with E-state index < -0.39 is 0 Å². The summed E-state index contributed by atoms with van der Waals surface area (Å²) in [7, 11) is 0. The molecular weight excluding hydrogens is 678 g/mol. The van der Waals surface area contributed by atoms with Crippen molar-refractivity contribution in [2.75, 3.05) is 31.5 Å². The van der Waals surface area contributed by atoms with Crippen LogP contribution in [0.2, 0.25) is 5.02 Å². The highest BCUT2D eigenvalue weighted by Crippen LogP contribution is 2.36. The van der Waals surface area contributed by atoms with E-state index >= 15 is 0 Å². The maximum atomic E-state index is 11.5. The number of halogens is 1. The van der Waals surface area contributed by atoms with Crippen molar-refractivity contribution in [2.45, 2.75) is 52.1 Å². The van der Waals surface area contributed by atoms with Crippen LogP contribution in [0.15, 0.2) is 81.5 Å². The first-order valence-corrected chi connectivity index (χ1v) is 18.4. The molecule has 6 rings (SSSR count). The number of fused-ring (bicyclic) bond motifs is 1. The fourth-order valence-corrected chi connectivity index (χ4v) is 7.60. The van der Waals surface area contributed by atoms with Crippen LogP contribution in [-0.4, -0.2) is 73.5 Å². The zero-order valence-corrected chi connectivity index (χ0v) is 30.7. The molecule has 0 radical (unpaired) electrons. The van der Waals surface area contributed by atoms with E-state index in [2.05, 4.69) is 63.2 Å². The number of piperidine rings is 1. The van der Waals surface area contributed by atoms with E-state index in [9.17, 15) is 9.59 Å². The molecule has 0 bridgehead atoms. The first-order chi connectivity index (χ1) is 24.8. The molecule has 11 heteroatoms. The second-order valence-corrected chi connectivity index (χ2v) is 14.5. The van der Waals surface area contributed by atoms with Gasteiger partial charge in [0.25, 0.3) is 0 Å². The molecule has 2 aromatic carbocycles. The number of nitrogens with one attached hydrogen (secondary N) is 3. The summed E-state index contributed by atoms with van der Waals surface area (Å²) < 4.78 is 0. The van der Waals surface area contributed by atoms with E-state index in [1.54, 1.807) is 29.7 Å². The number of likely N-dealkylation sites (tertiary alicyclic amines) is 1. The van der Waals surface area contributed by atoms with Crippen molar-refractivity contribution < 1.29 is 9.59 Å². The third kappa shape index (κ3) is 9.30. The largest absolute Gasteiger partial charge is 0.384 e. The minimum absolute atomic E-state index is 0.0909. The lowest BCUT2D eigenvalue weighted by Gasteiger charge is -2.33. The van der Waals surface area contributed by atoms with Crippen molar-refractivity contribution in [1.82, 2.24) is 15.6 Å². The Kier molecular flexibility index (Phi) is 11.9. The Hall–Kier alpha value is -4.82. The van der Waals surface area contributed by atoms with E-state index in [0.29, 0.717) is 34.3 Å². The van der Waals surface area contributed by atoms with Crippen molar-refractivity contribution in [3.63, 3.8) is 0 Å². The predicted molar refractivity (Wildman–Crippen MR) is 211 cm³/mol. The second-order valence-electron chi connectivity index (χ2n) is 13.1. The van der Waals surface area contributed by atoms with Gasteiger partial charge in [-0.2, -0.15) is 5.10 Å². The Labute approximate surface area is 308 Å². The van der Waals surface area contributed by atoms with Gasteiger partial charge in [0.2, 0.25) is 0 Å². The monoisotopic (exact) mass is 719 g/mol. The van der Waals surface area contributed by atoms with Crippen LogP contribution < -0.4 is 16.1 Å². The molecule has 51 heavy (non-hydrogen) atoms. The first-order valence-electron chi connectivity index (χ1n) is 17.2. The van der Waals surface area contributed by atoms with Gasteiger partial charge in [0.15, 0.2) is 12.6 Å². The van der Waals surface area contributed by atoms with Gasteiger partial charge in [-0.05, 0) is 99.2 Å². The number of thiophene rings is 1. The number of carbonyl (C=O) groups is 2. The topological polar surface area (TPSA) is 111 Å². The average Bonchev–Trinajstić information content (AvgIpc) is 3.41. The average molecular weight is 720 g/mol. The molecule has 262 valence electrons. The van der Waals surface area contributed by atoms with Gasteiger partial charge >= 0.3 is 0 Å². The van der Waals surface area contributed by atoms with Gasteiger partial charge in [0.1, 0.15) is 16.9 Å². The fraction of sp³-hybridized carbons (Fsp3) is 0.325. The number of aliphatic imine (C=N–C) groups is 2. The van der Waals surface area contributed by atoms with Crippen LogP contribution in [0.25, 0.3) is 0 Å². The van der Waals surface area contributed by atoms with Crippen LogP contribution in [0.3, 0.4) is 0 Å².